The molecule has 21 heavy (non-hydrogen) atoms. The number of aromatic nitrogens is 4. The third-order valence-electron chi connectivity index (χ3n) is 3.09. The number of nitrogens with zero attached hydrogens (tertiary/aromatic N) is 4. The van der Waals surface area contributed by atoms with Crippen LogP contribution in [0.15, 0.2) is 27.9 Å². The number of anilines is 1. The lowest BCUT2D eigenvalue weighted by Crippen LogP contribution is -2.38. The molecule has 8 nitrogen and oxygen atoms in total. The molecule has 0 aromatic carbocycles. The molecule has 0 radical (unpaired) electrons. The van der Waals surface area contributed by atoms with E-state index in [1.807, 2.05) is 6.92 Å². The van der Waals surface area contributed by atoms with Crippen LogP contribution in [0.4, 0.5) is 5.82 Å². The molecule has 0 aliphatic carbocycles. The van der Waals surface area contributed by atoms with E-state index < -0.39 is 17.2 Å². The van der Waals surface area contributed by atoms with E-state index in [1.165, 1.54) is 24.7 Å². The molecule has 0 saturated heterocycles. The van der Waals surface area contributed by atoms with Gasteiger partial charge in [-0.15, -0.1) is 0 Å². The highest BCUT2D eigenvalue weighted by Crippen LogP contribution is 2.04. The van der Waals surface area contributed by atoms with E-state index in [9.17, 15) is 14.4 Å². The van der Waals surface area contributed by atoms with Crippen LogP contribution in [0.1, 0.15) is 23.8 Å². The molecule has 1 amide bonds. The van der Waals surface area contributed by atoms with Gasteiger partial charge in [0.2, 0.25) is 0 Å². The number of hydrogen-bond acceptors (Lipinski definition) is 4. The molecule has 0 unspecified atom stereocenters. The van der Waals surface area contributed by atoms with Gasteiger partial charge in [0.1, 0.15) is 5.82 Å². The zero-order chi connectivity index (χ0) is 15.6. The fourth-order valence-corrected chi connectivity index (χ4v) is 1.87. The van der Waals surface area contributed by atoms with Gasteiger partial charge in [0, 0.05) is 32.9 Å². The van der Waals surface area contributed by atoms with Crippen molar-refractivity contribution in [2.45, 2.75) is 19.9 Å². The number of carbonyl (C=O) groups excluding carboxylic acids is 1. The summed E-state index contributed by atoms with van der Waals surface area (Å²) in [7, 11) is 2.86. The van der Waals surface area contributed by atoms with Crippen molar-refractivity contribution in [3.05, 3.63) is 44.9 Å². The van der Waals surface area contributed by atoms with Gasteiger partial charge in [-0.05, 0) is 12.5 Å². The Hall–Kier alpha value is -2.64. The van der Waals surface area contributed by atoms with Gasteiger partial charge < -0.3 is 5.32 Å². The first-order valence-electron chi connectivity index (χ1n) is 6.56. The standard InChI is InChI=1S/C13H17N5O3/c1-4-6-18-7-5-9(15-18)12(20)14-10-8-11(19)17(3)13(21)16(10)2/h5,7-8H,4,6H2,1-3H3,(H,14,20). The summed E-state index contributed by atoms with van der Waals surface area (Å²) in [4.78, 5) is 35.5. The number of amides is 1. The van der Waals surface area contributed by atoms with Crippen LogP contribution < -0.4 is 16.6 Å². The molecule has 0 atom stereocenters. The number of rotatable bonds is 4. The Morgan fingerprint density at radius 3 is 2.67 bits per heavy atom. The van der Waals surface area contributed by atoms with Gasteiger partial charge in [-0.25, -0.2) is 4.79 Å². The molecule has 8 heteroatoms. The van der Waals surface area contributed by atoms with Crippen LogP contribution in [0, 0.1) is 0 Å². The Bertz CT molecular complexity index is 784. The highest BCUT2D eigenvalue weighted by Gasteiger charge is 2.13. The van der Waals surface area contributed by atoms with Gasteiger partial charge in [0.25, 0.3) is 11.5 Å². The SMILES string of the molecule is CCCn1ccc(C(=O)Nc2cc(=O)n(C)c(=O)n2C)n1. The summed E-state index contributed by atoms with van der Waals surface area (Å²) in [5, 5.41) is 6.65. The molecular formula is C13H17N5O3. The quantitative estimate of drug-likeness (QED) is 0.854. The first-order chi connectivity index (χ1) is 9.93. The summed E-state index contributed by atoms with van der Waals surface area (Å²) in [5.41, 5.74) is -0.754. The van der Waals surface area contributed by atoms with E-state index in [0.717, 1.165) is 17.5 Å². The second-order valence-corrected chi connectivity index (χ2v) is 4.69. The average molecular weight is 291 g/mol. The molecule has 0 aliphatic heterocycles. The van der Waals surface area contributed by atoms with E-state index in [1.54, 1.807) is 16.9 Å². The molecule has 0 bridgehead atoms. The Morgan fingerprint density at radius 2 is 2.00 bits per heavy atom. The molecule has 1 N–H and O–H groups in total. The van der Waals surface area contributed by atoms with Crippen molar-refractivity contribution in [1.82, 2.24) is 18.9 Å². The van der Waals surface area contributed by atoms with E-state index in [2.05, 4.69) is 10.4 Å². The minimum atomic E-state index is -0.505. The highest BCUT2D eigenvalue weighted by molar-refractivity contribution is 6.02. The van der Waals surface area contributed by atoms with Gasteiger partial charge in [0.05, 0.1) is 0 Å². The van der Waals surface area contributed by atoms with Gasteiger partial charge >= 0.3 is 5.69 Å². The number of hydrogen-bond donors (Lipinski definition) is 1. The number of nitrogens with one attached hydrogen (secondary N) is 1. The van der Waals surface area contributed by atoms with Crippen LogP contribution in [-0.2, 0) is 20.6 Å². The third-order valence-corrected chi connectivity index (χ3v) is 3.09. The highest BCUT2D eigenvalue weighted by atomic mass is 16.2. The smallest absolute Gasteiger partial charge is 0.306 e. The van der Waals surface area contributed by atoms with Gasteiger partial charge in [0.15, 0.2) is 5.69 Å². The summed E-state index contributed by atoms with van der Waals surface area (Å²) in [6, 6.07) is 2.78. The second-order valence-electron chi connectivity index (χ2n) is 4.69. The molecule has 112 valence electrons. The molecule has 0 spiro atoms. The summed E-state index contributed by atoms with van der Waals surface area (Å²) >= 11 is 0. The molecule has 0 fully saturated rings. The van der Waals surface area contributed by atoms with E-state index >= 15 is 0 Å². The Balaban J connectivity index is 2.27. The molecule has 2 heterocycles. The van der Waals surface area contributed by atoms with Gasteiger partial charge in [-0.1, -0.05) is 6.92 Å². The van der Waals surface area contributed by atoms with Crippen LogP contribution >= 0.6 is 0 Å². The maximum Gasteiger partial charge on any atom is 0.332 e. The minimum absolute atomic E-state index is 0.137. The predicted octanol–water partition coefficient (Wildman–Crippen LogP) is -0.0572. The number of aryl methyl sites for hydroxylation is 1. The summed E-state index contributed by atoms with van der Waals surface area (Å²) in [6.07, 6.45) is 2.62. The fraction of sp³-hybridized carbons (Fsp3) is 0.385. The predicted molar refractivity (Wildman–Crippen MR) is 77.4 cm³/mol. The van der Waals surface area contributed by atoms with E-state index in [-0.39, 0.29) is 11.5 Å². The Kier molecular flexibility index (Phi) is 4.06. The normalized spacial score (nSPS) is 10.6. The molecule has 2 aromatic rings. The Labute approximate surface area is 120 Å². The van der Waals surface area contributed by atoms with E-state index in [4.69, 9.17) is 0 Å². The average Bonchev–Trinajstić information content (AvgIpc) is 2.91. The zero-order valence-corrected chi connectivity index (χ0v) is 12.2. The van der Waals surface area contributed by atoms with Crippen molar-refractivity contribution in [2.75, 3.05) is 5.32 Å². The third kappa shape index (κ3) is 2.93. The molecule has 0 aliphatic rings. The lowest BCUT2D eigenvalue weighted by atomic mass is 10.4. The first kappa shape index (κ1) is 14.8. The van der Waals surface area contributed by atoms with Crippen molar-refractivity contribution in [3.8, 4) is 0 Å². The van der Waals surface area contributed by atoms with Gasteiger partial charge in [-0.3, -0.25) is 23.4 Å². The molecule has 2 rings (SSSR count). The second kappa shape index (κ2) is 5.78. The lowest BCUT2D eigenvalue weighted by molar-refractivity contribution is 0.102. The summed E-state index contributed by atoms with van der Waals surface area (Å²) in [5.74, 6) is -0.328. The summed E-state index contributed by atoms with van der Waals surface area (Å²) in [6.45, 7) is 2.73. The lowest BCUT2D eigenvalue weighted by Gasteiger charge is -2.09. The van der Waals surface area contributed by atoms with Crippen molar-refractivity contribution >= 4 is 11.7 Å². The van der Waals surface area contributed by atoms with Crippen molar-refractivity contribution < 1.29 is 4.79 Å². The maximum absolute atomic E-state index is 12.1. The monoisotopic (exact) mass is 291 g/mol. The van der Waals surface area contributed by atoms with Crippen molar-refractivity contribution in [2.24, 2.45) is 14.1 Å². The van der Waals surface area contributed by atoms with Crippen LogP contribution in [0.2, 0.25) is 0 Å². The van der Waals surface area contributed by atoms with Crippen LogP contribution in [-0.4, -0.2) is 24.8 Å². The molecular weight excluding hydrogens is 274 g/mol. The zero-order valence-electron chi connectivity index (χ0n) is 12.2. The number of carbonyl (C=O) groups is 1. The topological polar surface area (TPSA) is 90.9 Å². The molecule has 0 saturated carbocycles. The van der Waals surface area contributed by atoms with Crippen LogP contribution in [0.25, 0.3) is 0 Å². The largest absolute Gasteiger partial charge is 0.332 e. The van der Waals surface area contributed by atoms with Crippen molar-refractivity contribution in [1.29, 1.82) is 0 Å². The van der Waals surface area contributed by atoms with Gasteiger partial charge in [-0.2, -0.15) is 5.10 Å². The maximum atomic E-state index is 12.1. The first-order valence-corrected chi connectivity index (χ1v) is 6.56. The van der Waals surface area contributed by atoms with Crippen LogP contribution in [0.5, 0.6) is 0 Å². The van der Waals surface area contributed by atoms with Crippen LogP contribution in [0.3, 0.4) is 0 Å². The molecule has 2 aromatic heterocycles. The summed E-state index contributed by atoms with van der Waals surface area (Å²) < 4.78 is 3.83. The minimum Gasteiger partial charge on any atom is -0.306 e. The van der Waals surface area contributed by atoms with Crippen molar-refractivity contribution in [3.63, 3.8) is 0 Å². The van der Waals surface area contributed by atoms with E-state index in [0.29, 0.717) is 0 Å². The fourth-order valence-electron chi connectivity index (χ4n) is 1.87. The Morgan fingerprint density at radius 1 is 1.29 bits per heavy atom.